The van der Waals surface area contributed by atoms with Gasteiger partial charge in [-0.3, -0.25) is 13.9 Å². The van der Waals surface area contributed by atoms with E-state index in [1.165, 1.54) is 43.3 Å². The maximum Gasteiger partial charge on any atom is 0.264 e. The van der Waals surface area contributed by atoms with Crippen LogP contribution in [-0.4, -0.2) is 26.7 Å². The number of rotatable bonds is 7. The van der Waals surface area contributed by atoms with Gasteiger partial charge in [-0.05, 0) is 49.4 Å². The fraction of sp³-hybridized carbons (Fsp3) is 0.0909. The normalized spacial score (nSPS) is 11.1. The summed E-state index contributed by atoms with van der Waals surface area (Å²) in [5.41, 5.74) is 0.992. The Balaban J connectivity index is 1.95. The molecule has 3 rings (SSSR count). The highest BCUT2D eigenvalue weighted by molar-refractivity contribution is 7.92. The summed E-state index contributed by atoms with van der Waals surface area (Å²) in [5.74, 6) is -0.744. The van der Waals surface area contributed by atoms with Gasteiger partial charge in [-0.25, -0.2) is 8.42 Å². The molecule has 0 atom stereocenters. The molecular formula is C22H18Cl2N2O4S. The number of ketones is 1. The maximum absolute atomic E-state index is 13.3. The Hall–Kier alpha value is -2.87. The van der Waals surface area contributed by atoms with Crippen LogP contribution < -0.4 is 9.62 Å². The summed E-state index contributed by atoms with van der Waals surface area (Å²) in [6.45, 7) is 0.902. The molecular weight excluding hydrogens is 459 g/mol. The van der Waals surface area contributed by atoms with Crippen LogP contribution >= 0.6 is 23.2 Å². The summed E-state index contributed by atoms with van der Waals surface area (Å²) in [6, 6.07) is 18.5. The van der Waals surface area contributed by atoms with Crippen LogP contribution in [0.15, 0.2) is 77.7 Å². The van der Waals surface area contributed by atoms with Gasteiger partial charge in [0.15, 0.2) is 5.78 Å². The summed E-state index contributed by atoms with van der Waals surface area (Å²) < 4.78 is 27.5. The van der Waals surface area contributed by atoms with E-state index in [2.05, 4.69) is 5.32 Å². The lowest BCUT2D eigenvalue weighted by molar-refractivity contribution is -0.114. The van der Waals surface area contributed by atoms with E-state index in [1.807, 2.05) is 0 Å². The number of sulfonamides is 1. The minimum Gasteiger partial charge on any atom is -0.324 e. The maximum atomic E-state index is 13.3. The number of Topliss-reactive ketones (excluding diaryl/α,β-unsaturated/α-hetero) is 1. The number of carbonyl (C=O) groups excluding carboxylic acids is 2. The minimum absolute atomic E-state index is 0.0208. The summed E-state index contributed by atoms with van der Waals surface area (Å²) in [7, 11) is -4.08. The monoisotopic (exact) mass is 476 g/mol. The van der Waals surface area contributed by atoms with E-state index in [0.29, 0.717) is 11.3 Å². The molecule has 0 aromatic heterocycles. The largest absolute Gasteiger partial charge is 0.324 e. The smallest absolute Gasteiger partial charge is 0.264 e. The van der Waals surface area contributed by atoms with Crippen molar-refractivity contribution in [2.45, 2.75) is 11.8 Å². The molecule has 0 radical (unpaired) electrons. The number of hydrogen-bond donors (Lipinski definition) is 1. The zero-order valence-electron chi connectivity index (χ0n) is 16.4. The average molecular weight is 477 g/mol. The highest BCUT2D eigenvalue weighted by Crippen LogP contribution is 2.30. The Bertz CT molecular complexity index is 1230. The molecule has 9 heteroatoms. The molecule has 0 heterocycles. The molecule has 1 N–H and O–H groups in total. The van der Waals surface area contributed by atoms with Gasteiger partial charge in [-0.1, -0.05) is 53.5 Å². The van der Waals surface area contributed by atoms with E-state index in [1.54, 1.807) is 36.4 Å². The van der Waals surface area contributed by atoms with E-state index in [0.717, 1.165) is 4.31 Å². The first-order valence-corrected chi connectivity index (χ1v) is 11.3. The van der Waals surface area contributed by atoms with Crippen LogP contribution in [0.5, 0.6) is 0 Å². The lowest BCUT2D eigenvalue weighted by Crippen LogP contribution is -2.38. The molecule has 0 bridgehead atoms. The zero-order chi connectivity index (χ0) is 22.6. The molecule has 0 aliphatic carbocycles. The molecule has 0 saturated carbocycles. The molecule has 1 amide bonds. The van der Waals surface area contributed by atoms with Crippen molar-refractivity contribution in [2.75, 3.05) is 16.2 Å². The van der Waals surface area contributed by atoms with Crippen LogP contribution in [0.4, 0.5) is 11.4 Å². The van der Waals surface area contributed by atoms with Gasteiger partial charge in [-0.2, -0.15) is 0 Å². The van der Waals surface area contributed by atoms with Gasteiger partial charge in [0.25, 0.3) is 10.0 Å². The second-order valence-corrected chi connectivity index (χ2v) is 9.29. The van der Waals surface area contributed by atoms with Crippen molar-refractivity contribution in [3.05, 3.63) is 88.4 Å². The van der Waals surface area contributed by atoms with Crippen molar-refractivity contribution in [3.8, 4) is 0 Å². The second-order valence-electron chi connectivity index (χ2n) is 6.61. The molecule has 3 aromatic carbocycles. The lowest BCUT2D eigenvalue weighted by Gasteiger charge is -2.24. The Morgan fingerprint density at radius 1 is 0.903 bits per heavy atom. The molecule has 0 fully saturated rings. The zero-order valence-corrected chi connectivity index (χ0v) is 18.7. The van der Waals surface area contributed by atoms with Gasteiger partial charge in [0.1, 0.15) is 6.54 Å². The average Bonchev–Trinajstić information content (AvgIpc) is 2.75. The topological polar surface area (TPSA) is 83.6 Å². The fourth-order valence-electron chi connectivity index (χ4n) is 2.82. The summed E-state index contributed by atoms with van der Waals surface area (Å²) >= 11 is 12.0. The molecule has 0 aliphatic rings. The van der Waals surface area contributed by atoms with E-state index in [4.69, 9.17) is 23.2 Å². The Kier molecular flexibility index (Phi) is 7.00. The van der Waals surface area contributed by atoms with Crippen LogP contribution in [-0.2, 0) is 14.8 Å². The highest BCUT2D eigenvalue weighted by atomic mass is 35.5. The molecule has 160 valence electrons. The second kappa shape index (κ2) is 9.51. The third-order valence-corrected chi connectivity index (χ3v) is 6.89. The molecule has 0 aliphatic heterocycles. The van der Waals surface area contributed by atoms with Gasteiger partial charge in [0.05, 0.1) is 20.6 Å². The first-order valence-electron chi connectivity index (χ1n) is 9.12. The summed E-state index contributed by atoms with van der Waals surface area (Å²) in [6.07, 6.45) is 0. The highest BCUT2D eigenvalue weighted by Gasteiger charge is 2.27. The lowest BCUT2D eigenvalue weighted by atomic mass is 10.1. The molecule has 31 heavy (non-hydrogen) atoms. The number of halogens is 2. The van der Waals surface area contributed by atoms with Crippen LogP contribution in [0.25, 0.3) is 0 Å². The van der Waals surface area contributed by atoms with Gasteiger partial charge in [0.2, 0.25) is 5.91 Å². The van der Waals surface area contributed by atoms with Crippen LogP contribution in [0, 0.1) is 0 Å². The van der Waals surface area contributed by atoms with Crippen LogP contribution in [0.2, 0.25) is 10.0 Å². The molecule has 6 nitrogen and oxygen atoms in total. The van der Waals surface area contributed by atoms with Gasteiger partial charge >= 0.3 is 0 Å². The summed E-state index contributed by atoms with van der Waals surface area (Å²) in [4.78, 5) is 24.3. The van der Waals surface area contributed by atoms with Crippen molar-refractivity contribution < 1.29 is 18.0 Å². The van der Waals surface area contributed by atoms with Crippen molar-refractivity contribution in [1.29, 1.82) is 0 Å². The quantitative estimate of drug-likeness (QED) is 0.484. The third-order valence-electron chi connectivity index (χ3n) is 4.36. The number of hydrogen-bond acceptors (Lipinski definition) is 4. The molecule has 0 spiro atoms. The van der Waals surface area contributed by atoms with Crippen molar-refractivity contribution in [2.24, 2.45) is 0 Å². The molecule has 0 saturated heterocycles. The molecule has 3 aromatic rings. The third kappa shape index (κ3) is 5.44. The van der Waals surface area contributed by atoms with Crippen molar-refractivity contribution in [1.82, 2.24) is 0 Å². The predicted octanol–water partition coefficient (Wildman–Crippen LogP) is 5.03. The standard InChI is InChI=1S/C22H18Cl2N2O4S/c1-15(27)16-6-5-7-17(12-16)25-22(28)14-26(18-10-11-20(23)21(24)13-18)31(29,30)19-8-3-2-4-9-19/h2-13H,14H2,1H3,(H,25,28). The SMILES string of the molecule is CC(=O)c1cccc(NC(=O)CN(c2ccc(Cl)c(Cl)c2)S(=O)(=O)c2ccccc2)c1. The fourth-order valence-corrected chi connectivity index (χ4v) is 4.55. The van der Waals surface area contributed by atoms with Gasteiger partial charge < -0.3 is 5.32 Å². The number of nitrogens with zero attached hydrogens (tertiary/aromatic N) is 1. The Labute approximate surface area is 190 Å². The Morgan fingerprint density at radius 3 is 2.26 bits per heavy atom. The van der Waals surface area contributed by atoms with E-state index >= 15 is 0 Å². The van der Waals surface area contributed by atoms with Gasteiger partial charge in [-0.15, -0.1) is 0 Å². The molecule has 0 unspecified atom stereocenters. The van der Waals surface area contributed by atoms with E-state index < -0.39 is 22.5 Å². The number of amides is 1. The van der Waals surface area contributed by atoms with Gasteiger partial charge in [0, 0.05) is 11.3 Å². The number of benzene rings is 3. The van der Waals surface area contributed by atoms with Crippen molar-refractivity contribution >= 4 is 56.3 Å². The van der Waals surface area contributed by atoms with Crippen molar-refractivity contribution in [3.63, 3.8) is 0 Å². The predicted molar refractivity (Wildman–Crippen MR) is 123 cm³/mol. The summed E-state index contributed by atoms with van der Waals surface area (Å²) in [5, 5.41) is 3.04. The number of anilines is 2. The van der Waals surface area contributed by atoms with Crippen LogP contribution in [0.3, 0.4) is 0 Å². The first-order chi connectivity index (χ1) is 14.7. The first kappa shape index (κ1) is 22.8. The minimum atomic E-state index is -4.08. The van der Waals surface area contributed by atoms with E-state index in [9.17, 15) is 18.0 Å². The van der Waals surface area contributed by atoms with Crippen LogP contribution in [0.1, 0.15) is 17.3 Å². The number of carbonyl (C=O) groups is 2. The number of nitrogens with one attached hydrogen (secondary N) is 1. The van der Waals surface area contributed by atoms with E-state index in [-0.39, 0.29) is 26.4 Å². The Morgan fingerprint density at radius 2 is 1.61 bits per heavy atom.